The fourth-order valence-electron chi connectivity index (χ4n) is 2.92. The smallest absolute Gasteiger partial charge is 0.175 e. The molecule has 140 valence electrons. The minimum absolute atomic E-state index is 0.502. The van der Waals surface area contributed by atoms with E-state index >= 15 is 0 Å². The molecule has 0 atom stereocenters. The average molecular weight is 426 g/mol. The summed E-state index contributed by atoms with van der Waals surface area (Å²) in [6.07, 6.45) is 0. The molecule has 0 fully saturated rings. The molecule has 0 aliphatic carbocycles. The number of nitrogens with one attached hydrogen (secondary N) is 1. The minimum atomic E-state index is 0.502. The lowest BCUT2D eigenvalue weighted by atomic mass is 10.1. The Morgan fingerprint density at radius 2 is 1.59 bits per heavy atom. The molecular weight excluding hydrogens is 402 g/mol. The Kier molecular flexibility index (Phi) is 6.91. The predicted octanol–water partition coefficient (Wildman–Crippen LogP) is 5.63. The van der Waals surface area contributed by atoms with Crippen molar-refractivity contribution in [2.24, 2.45) is 0 Å². The molecule has 4 heteroatoms. The Morgan fingerprint density at radius 1 is 0.852 bits per heavy atom. The first-order valence-corrected chi connectivity index (χ1v) is 9.74. The van der Waals surface area contributed by atoms with Crippen LogP contribution >= 0.6 is 15.9 Å². The van der Waals surface area contributed by atoms with Gasteiger partial charge in [0.05, 0.1) is 11.6 Å². The third-order valence-corrected chi connectivity index (χ3v) is 4.84. The van der Waals surface area contributed by atoms with Crippen molar-refractivity contribution in [1.82, 2.24) is 5.32 Å². The summed E-state index contributed by atoms with van der Waals surface area (Å²) in [4.78, 5) is 0. The normalized spacial score (nSPS) is 10.6. The van der Waals surface area contributed by atoms with Crippen LogP contribution in [0.15, 0.2) is 71.2 Å². The molecule has 0 amide bonds. The van der Waals surface area contributed by atoms with Crippen molar-refractivity contribution in [1.29, 1.82) is 0 Å². The molecule has 0 aliphatic rings. The van der Waals surface area contributed by atoms with Crippen LogP contribution in [0, 0.1) is 6.92 Å². The second-order valence-corrected chi connectivity index (χ2v) is 7.33. The molecule has 3 nitrogen and oxygen atoms in total. The van der Waals surface area contributed by atoms with Crippen molar-refractivity contribution in [3.05, 3.63) is 93.5 Å². The Morgan fingerprint density at radius 3 is 2.33 bits per heavy atom. The third kappa shape index (κ3) is 5.59. The summed E-state index contributed by atoms with van der Waals surface area (Å²) < 4.78 is 12.5. The van der Waals surface area contributed by atoms with E-state index in [0.717, 1.165) is 40.2 Å². The largest absolute Gasteiger partial charge is 0.493 e. The molecule has 0 aromatic heterocycles. The quantitative estimate of drug-likeness (QED) is 0.506. The van der Waals surface area contributed by atoms with E-state index in [0.29, 0.717) is 6.61 Å². The van der Waals surface area contributed by atoms with E-state index in [1.165, 1.54) is 11.1 Å². The highest BCUT2D eigenvalue weighted by molar-refractivity contribution is 9.10. The van der Waals surface area contributed by atoms with Gasteiger partial charge in [-0.2, -0.15) is 0 Å². The van der Waals surface area contributed by atoms with Crippen LogP contribution in [0.5, 0.6) is 11.5 Å². The maximum atomic E-state index is 6.04. The van der Waals surface area contributed by atoms with Gasteiger partial charge in [-0.3, -0.25) is 0 Å². The number of aryl methyl sites for hydroxylation is 1. The lowest BCUT2D eigenvalue weighted by Gasteiger charge is -2.15. The topological polar surface area (TPSA) is 30.5 Å². The van der Waals surface area contributed by atoms with Gasteiger partial charge in [0.2, 0.25) is 0 Å². The Hall–Kier alpha value is -2.30. The lowest BCUT2D eigenvalue weighted by molar-refractivity contribution is 0.282. The number of benzene rings is 3. The lowest BCUT2D eigenvalue weighted by Crippen LogP contribution is -2.12. The maximum Gasteiger partial charge on any atom is 0.175 e. The Labute approximate surface area is 169 Å². The Bertz CT molecular complexity index is 881. The summed E-state index contributed by atoms with van der Waals surface area (Å²) in [5.74, 6) is 1.46. The van der Waals surface area contributed by atoms with Crippen LogP contribution < -0.4 is 14.8 Å². The number of halogens is 1. The van der Waals surface area contributed by atoms with Gasteiger partial charge in [-0.15, -0.1) is 0 Å². The van der Waals surface area contributed by atoms with E-state index in [2.05, 4.69) is 76.7 Å². The van der Waals surface area contributed by atoms with Crippen LogP contribution in [0.4, 0.5) is 0 Å². The highest BCUT2D eigenvalue weighted by atomic mass is 79.9. The Balaban J connectivity index is 1.65. The van der Waals surface area contributed by atoms with Gasteiger partial charge in [0.15, 0.2) is 11.5 Å². The van der Waals surface area contributed by atoms with Crippen LogP contribution in [0.25, 0.3) is 0 Å². The molecule has 0 unspecified atom stereocenters. The van der Waals surface area contributed by atoms with E-state index in [4.69, 9.17) is 9.47 Å². The molecule has 3 rings (SSSR count). The standard InChI is InChI=1S/C23H24BrNO2/c1-17-7-6-10-19(11-17)16-27-23-21(24)12-20(13-22(23)26-2)15-25-14-18-8-4-3-5-9-18/h3-13,25H,14-16H2,1-2H3. The molecule has 0 saturated carbocycles. The zero-order valence-corrected chi connectivity index (χ0v) is 17.3. The number of hydrogen-bond donors (Lipinski definition) is 1. The molecule has 0 heterocycles. The first-order valence-electron chi connectivity index (χ1n) is 8.95. The van der Waals surface area contributed by atoms with Gasteiger partial charge in [0.25, 0.3) is 0 Å². The van der Waals surface area contributed by atoms with Gasteiger partial charge in [0, 0.05) is 13.1 Å². The first kappa shape index (κ1) is 19.5. The van der Waals surface area contributed by atoms with Gasteiger partial charge in [-0.25, -0.2) is 0 Å². The predicted molar refractivity (Wildman–Crippen MR) is 113 cm³/mol. The van der Waals surface area contributed by atoms with Crippen LogP contribution in [0.3, 0.4) is 0 Å². The van der Waals surface area contributed by atoms with Crippen molar-refractivity contribution in [2.45, 2.75) is 26.6 Å². The van der Waals surface area contributed by atoms with Crippen molar-refractivity contribution in [2.75, 3.05) is 7.11 Å². The van der Waals surface area contributed by atoms with Gasteiger partial charge < -0.3 is 14.8 Å². The molecular formula is C23H24BrNO2. The van der Waals surface area contributed by atoms with E-state index in [9.17, 15) is 0 Å². The van der Waals surface area contributed by atoms with Gasteiger partial charge in [0.1, 0.15) is 6.61 Å². The van der Waals surface area contributed by atoms with Crippen molar-refractivity contribution in [3.8, 4) is 11.5 Å². The molecule has 27 heavy (non-hydrogen) atoms. The molecule has 0 radical (unpaired) electrons. The minimum Gasteiger partial charge on any atom is -0.493 e. The van der Waals surface area contributed by atoms with Crippen molar-refractivity contribution in [3.63, 3.8) is 0 Å². The zero-order chi connectivity index (χ0) is 19.1. The second-order valence-electron chi connectivity index (χ2n) is 6.48. The summed E-state index contributed by atoms with van der Waals surface area (Å²) in [7, 11) is 1.67. The molecule has 0 aliphatic heterocycles. The first-order chi connectivity index (χ1) is 13.2. The summed E-state index contributed by atoms with van der Waals surface area (Å²) in [5, 5.41) is 3.46. The van der Waals surface area contributed by atoms with E-state index in [1.807, 2.05) is 18.2 Å². The fourth-order valence-corrected chi connectivity index (χ4v) is 3.52. The monoisotopic (exact) mass is 425 g/mol. The van der Waals surface area contributed by atoms with E-state index < -0.39 is 0 Å². The van der Waals surface area contributed by atoms with Crippen molar-refractivity contribution >= 4 is 15.9 Å². The van der Waals surface area contributed by atoms with Crippen LogP contribution in [-0.4, -0.2) is 7.11 Å². The molecule has 1 N–H and O–H groups in total. The molecule has 0 spiro atoms. The van der Waals surface area contributed by atoms with Crippen LogP contribution in [0.1, 0.15) is 22.3 Å². The number of rotatable bonds is 8. The van der Waals surface area contributed by atoms with Gasteiger partial charge in [-0.1, -0.05) is 60.2 Å². The molecule has 0 saturated heterocycles. The number of hydrogen-bond acceptors (Lipinski definition) is 3. The SMILES string of the molecule is COc1cc(CNCc2ccccc2)cc(Br)c1OCc1cccc(C)c1. The molecule has 0 bridgehead atoms. The molecule has 3 aromatic carbocycles. The maximum absolute atomic E-state index is 6.04. The summed E-state index contributed by atoms with van der Waals surface area (Å²) in [6, 6.07) is 22.8. The van der Waals surface area contributed by atoms with Crippen molar-refractivity contribution < 1.29 is 9.47 Å². The molecule has 3 aromatic rings. The van der Waals surface area contributed by atoms with Crippen LogP contribution in [-0.2, 0) is 19.7 Å². The average Bonchev–Trinajstić information content (AvgIpc) is 2.67. The fraction of sp³-hybridized carbons (Fsp3) is 0.217. The summed E-state index contributed by atoms with van der Waals surface area (Å²) in [6.45, 7) is 4.16. The highest BCUT2D eigenvalue weighted by Crippen LogP contribution is 2.37. The van der Waals surface area contributed by atoms with Gasteiger partial charge >= 0.3 is 0 Å². The number of ether oxygens (including phenoxy) is 2. The summed E-state index contributed by atoms with van der Waals surface area (Å²) >= 11 is 3.63. The highest BCUT2D eigenvalue weighted by Gasteiger charge is 2.12. The van der Waals surface area contributed by atoms with E-state index in [1.54, 1.807) is 7.11 Å². The van der Waals surface area contributed by atoms with Crippen LogP contribution in [0.2, 0.25) is 0 Å². The second kappa shape index (κ2) is 9.58. The zero-order valence-electron chi connectivity index (χ0n) is 15.7. The van der Waals surface area contributed by atoms with Gasteiger partial charge in [-0.05, 0) is 51.7 Å². The summed E-state index contributed by atoms with van der Waals surface area (Å²) in [5.41, 5.74) is 4.76. The number of methoxy groups -OCH3 is 1. The van der Waals surface area contributed by atoms with E-state index in [-0.39, 0.29) is 0 Å². The third-order valence-electron chi connectivity index (χ3n) is 4.26.